The summed E-state index contributed by atoms with van der Waals surface area (Å²) in [6.45, 7) is 0. The molecule has 2 aromatic carbocycles. The maximum Gasteiger partial charge on any atom is 0.360 e. The first-order valence-corrected chi connectivity index (χ1v) is 7.24. The Morgan fingerprint density at radius 2 is 1.48 bits per heavy atom. The predicted molar refractivity (Wildman–Crippen MR) is 85.6 cm³/mol. The van der Waals surface area contributed by atoms with E-state index in [0.717, 1.165) is 11.3 Å². The van der Waals surface area contributed by atoms with Crippen molar-refractivity contribution in [3.63, 3.8) is 0 Å². The molecule has 0 aliphatic rings. The molecule has 0 aromatic heterocycles. The molecule has 0 saturated carbocycles. The zero-order valence-electron chi connectivity index (χ0n) is 10.8. The lowest BCUT2D eigenvalue weighted by Gasteiger charge is -2.22. The molecule has 110 valence electrons. The number of anilines is 1. The van der Waals surface area contributed by atoms with E-state index in [1.54, 1.807) is 0 Å². The van der Waals surface area contributed by atoms with Gasteiger partial charge in [0, 0.05) is 11.3 Å². The molecule has 0 heterocycles. The van der Waals surface area contributed by atoms with Crippen molar-refractivity contribution in [2.24, 2.45) is 0 Å². The van der Waals surface area contributed by atoms with Crippen molar-refractivity contribution >= 4 is 46.5 Å². The van der Waals surface area contributed by atoms with E-state index >= 15 is 0 Å². The minimum absolute atomic E-state index is 0.740. The van der Waals surface area contributed by atoms with Gasteiger partial charge in [-0.15, -0.1) is 0 Å². The van der Waals surface area contributed by atoms with Crippen LogP contribution < -0.4 is 5.32 Å². The largest absolute Gasteiger partial charge is 0.434 e. The van der Waals surface area contributed by atoms with Crippen molar-refractivity contribution < 1.29 is 9.53 Å². The Morgan fingerprint density at radius 1 is 0.952 bits per heavy atom. The number of nitrogens with one attached hydrogen (secondary N) is 1. The summed E-state index contributed by atoms with van der Waals surface area (Å²) >= 11 is 16.6. The average Bonchev–Trinajstić information content (AvgIpc) is 2.47. The highest BCUT2D eigenvalue weighted by Gasteiger charge is 2.35. The number of rotatable bonds is 4. The second kappa shape index (κ2) is 7.03. The van der Waals surface area contributed by atoms with E-state index in [4.69, 9.17) is 39.5 Å². The molecule has 3 nitrogen and oxygen atoms in total. The number of para-hydroxylation sites is 1. The van der Waals surface area contributed by atoms with E-state index in [1.165, 1.54) is 0 Å². The van der Waals surface area contributed by atoms with Crippen LogP contribution >= 0.6 is 34.8 Å². The van der Waals surface area contributed by atoms with Crippen LogP contribution in [0, 0.1) is 0 Å². The highest BCUT2D eigenvalue weighted by Crippen LogP contribution is 2.31. The van der Waals surface area contributed by atoms with Crippen LogP contribution in [0.15, 0.2) is 60.7 Å². The van der Waals surface area contributed by atoms with Crippen molar-refractivity contribution in [2.75, 3.05) is 5.32 Å². The minimum atomic E-state index is -2.12. The summed E-state index contributed by atoms with van der Waals surface area (Å²) in [5.74, 6) is -0.940. The second-order valence-electron chi connectivity index (χ2n) is 4.20. The normalized spacial score (nSPS) is 12.5. The molecule has 0 unspecified atom stereocenters. The third-order valence-electron chi connectivity index (χ3n) is 2.63. The lowest BCUT2D eigenvalue weighted by atomic mass is 10.2. The highest BCUT2D eigenvalue weighted by atomic mass is 35.6. The first-order valence-electron chi connectivity index (χ1n) is 6.11. The van der Waals surface area contributed by atoms with Crippen LogP contribution in [0.2, 0.25) is 0 Å². The van der Waals surface area contributed by atoms with Crippen LogP contribution in [0.4, 0.5) is 5.69 Å². The zero-order valence-corrected chi connectivity index (χ0v) is 13.1. The van der Waals surface area contributed by atoms with E-state index in [2.05, 4.69) is 5.32 Å². The number of carbonyl (C=O) groups excluding carboxylic acids is 1. The number of halogens is 3. The van der Waals surface area contributed by atoms with Crippen LogP contribution in [0.25, 0.3) is 0 Å². The van der Waals surface area contributed by atoms with Crippen LogP contribution in [0.5, 0.6) is 0 Å². The minimum Gasteiger partial charge on any atom is -0.434 e. The first-order chi connectivity index (χ1) is 9.97. The van der Waals surface area contributed by atoms with E-state index in [0.29, 0.717) is 0 Å². The topological polar surface area (TPSA) is 38.3 Å². The van der Waals surface area contributed by atoms with Gasteiger partial charge in [0.1, 0.15) is 0 Å². The molecule has 1 atom stereocenters. The number of benzene rings is 2. The first kappa shape index (κ1) is 16.0. The molecule has 2 rings (SSSR count). The Labute approximate surface area is 137 Å². The second-order valence-corrected chi connectivity index (χ2v) is 6.49. The maximum absolute atomic E-state index is 11.8. The number of alkyl halides is 3. The zero-order chi connectivity index (χ0) is 15.3. The summed E-state index contributed by atoms with van der Waals surface area (Å²) < 4.78 is 3.14. The van der Waals surface area contributed by atoms with Gasteiger partial charge in [-0.2, -0.15) is 0 Å². The number of carbonyl (C=O) groups is 1. The molecule has 1 N–H and O–H groups in total. The van der Waals surface area contributed by atoms with Gasteiger partial charge in [-0.05, 0) is 12.1 Å². The summed E-state index contributed by atoms with van der Waals surface area (Å²) in [4.78, 5) is 11.8. The molecule has 6 heteroatoms. The van der Waals surface area contributed by atoms with Crippen molar-refractivity contribution in [2.45, 2.75) is 10.0 Å². The van der Waals surface area contributed by atoms with Crippen LogP contribution in [-0.2, 0) is 9.53 Å². The van der Waals surface area contributed by atoms with Gasteiger partial charge >= 0.3 is 5.97 Å². The van der Waals surface area contributed by atoms with Crippen molar-refractivity contribution in [3.8, 4) is 0 Å². The Morgan fingerprint density at radius 3 is 2.00 bits per heavy atom. The third-order valence-corrected chi connectivity index (χ3v) is 3.09. The highest BCUT2D eigenvalue weighted by molar-refractivity contribution is 6.75. The van der Waals surface area contributed by atoms with Gasteiger partial charge in [0.25, 0.3) is 3.79 Å². The van der Waals surface area contributed by atoms with Crippen molar-refractivity contribution in [1.29, 1.82) is 0 Å². The van der Waals surface area contributed by atoms with Crippen LogP contribution in [-0.4, -0.2) is 9.76 Å². The molecule has 21 heavy (non-hydrogen) atoms. The molecule has 0 amide bonds. The standard InChI is InChI=1S/C15H12Cl3NO2/c16-15(17,18)14(20)21-13(11-7-3-1-4-8-11)19-12-9-5-2-6-10-12/h1-10,13,19H/t13-/m1/s1. The molecule has 0 radical (unpaired) electrons. The number of ether oxygens (including phenoxy) is 1. The quantitative estimate of drug-likeness (QED) is 0.496. The van der Waals surface area contributed by atoms with Gasteiger partial charge in [0.15, 0.2) is 6.23 Å². The summed E-state index contributed by atoms with van der Waals surface area (Å²) in [6, 6.07) is 18.4. The monoisotopic (exact) mass is 343 g/mol. The maximum atomic E-state index is 11.8. The molecule has 0 aliphatic heterocycles. The number of hydrogen-bond acceptors (Lipinski definition) is 3. The van der Waals surface area contributed by atoms with Gasteiger partial charge in [0.05, 0.1) is 0 Å². The van der Waals surface area contributed by atoms with Gasteiger partial charge in [-0.1, -0.05) is 83.3 Å². The van der Waals surface area contributed by atoms with E-state index in [9.17, 15) is 4.79 Å². The summed E-state index contributed by atoms with van der Waals surface area (Å²) in [6.07, 6.45) is -0.753. The summed E-state index contributed by atoms with van der Waals surface area (Å²) in [5.41, 5.74) is 1.52. The molecular weight excluding hydrogens is 333 g/mol. The molecule has 2 aromatic rings. The third kappa shape index (κ3) is 4.81. The molecular formula is C15H12Cl3NO2. The van der Waals surface area contributed by atoms with Gasteiger partial charge in [0.2, 0.25) is 0 Å². The van der Waals surface area contributed by atoms with Crippen LogP contribution in [0.3, 0.4) is 0 Å². The van der Waals surface area contributed by atoms with Crippen LogP contribution in [0.1, 0.15) is 11.8 Å². The fourth-order valence-electron chi connectivity index (χ4n) is 1.67. The predicted octanol–water partition coefficient (Wildman–Crippen LogP) is 4.71. The summed E-state index contributed by atoms with van der Waals surface area (Å²) in [7, 11) is 0. The Kier molecular flexibility index (Phi) is 5.34. The lowest BCUT2D eigenvalue weighted by Crippen LogP contribution is -2.27. The SMILES string of the molecule is O=C(O[C@@H](Nc1ccccc1)c1ccccc1)C(Cl)(Cl)Cl. The fraction of sp³-hybridized carbons (Fsp3) is 0.133. The van der Waals surface area contributed by atoms with E-state index in [-0.39, 0.29) is 0 Å². The van der Waals surface area contributed by atoms with Gasteiger partial charge < -0.3 is 10.1 Å². The molecule has 0 saturated heterocycles. The van der Waals surface area contributed by atoms with Crippen molar-refractivity contribution in [3.05, 3.63) is 66.2 Å². The molecule has 0 bridgehead atoms. The van der Waals surface area contributed by atoms with E-state index < -0.39 is 16.0 Å². The Balaban J connectivity index is 2.21. The Hall–Kier alpha value is -1.42. The molecule has 0 spiro atoms. The number of hydrogen-bond donors (Lipinski definition) is 1. The lowest BCUT2D eigenvalue weighted by molar-refractivity contribution is -0.147. The average molecular weight is 345 g/mol. The van der Waals surface area contributed by atoms with Gasteiger partial charge in [-0.25, -0.2) is 4.79 Å². The fourth-order valence-corrected chi connectivity index (χ4v) is 1.80. The number of esters is 1. The molecule has 0 fully saturated rings. The molecule has 0 aliphatic carbocycles. The van der Waals surface area contributed by atoms with Crippen molar-refractivity contribution in [1.82, 2.24) is 0 Å². The van der Waals surface area contributed by atoms with Gasteiger partial charge in [-0.3, -0.25) is 0 Å². The Bertz CT molecular complexity index is 585. The summed E-state index contributed by atoms with van der Waals surface area (Å²) in [5, 5.41) is 3.08. The smallest absolute Gasteiger partial charge is 0.360 e. The van der Waals surface area contributed by atoms with E-state index in [1.807, 2.05) is 60.7 Å².